The molecule has 0 spiro atoms. The summed E-state index contributed by atoms with van der Waals surface area (Å²) in [6.07, 6.45) is 2.91. The van der Waals surface area contributed by atoms with E-state index < -0.39 is 0 Å². The van der Waals surface area contributed by atoms with Gasteiger partial charge >= 0.3 is 0 Å². The Morgan fingerprint density at radius 3 is 2.83 bits per heavy atom. The minimum atomic E-state index is 0.214. The molecule has 0 aliphatic carbocycles. The van der Waals surface area contributed by atoms with Crippen molar-refractivity contribution in [2.24, 2.45) is 7.05 Å². The van der Waals surface area contributed by atoms with Crippen LogP contribution in [0, 0.1) is 0 Å². The van der Waals surface area contributed by atoms with Crippen molar-refractivity contribution < 1.29 is 4.74 Å². The van der Waals surface area contributed by atoms with E-state index in [-0.39, 0.29) is 6.10 Å². The van der Waals surface area contributed by atoms with Gasteiger partial charge in [0.05, 0.1) is 12.3 Å². The van der Waals surface area contributed by atoms with Crippen LogP contribution in [0.1, 0.15) is 12.5 Å². The average molecular weight is 245 g/mol. The Morgan fingerprint density at radius 1 is 1.44 bits per heavy atom. The third kappa shape index (κ3) is 2.54. The number of ether oxygens (including phenoxy) is 1. The number of nitrogens with two attached hydrogens (primary N) is 1. The number of methoxy groups -OCH3 is 1. The largest absolute Gasteiger partial charge is 0.383 e. The molecule has 0 saturated heterocycles. The third-order valence-electron chi connectivity index (χ3n) is 3.15. The number of anilines is 1. The van der Waals surface area contributed by atoms with Gasteiger partial charge in [-0.05, 0) is 24.5 Å². The van der Waals surface area contributed by atoms with Gasteiger partial charge in [-0.15, -0.1) is 0 Å². The van der Waals surface area contributed by atoms with Crippen molar-refractivity contribution in [3.63, 3.8) is 0 Å². The van der Waals surface area contributed by atoms with E-state index in [2.05, 4.69) is 24.2 Å². The van der Waals surface area contributed by atoms with Crippen molar-refractivity contribution in [1.82, 2.24) is 9.78 Å². The maximum Gasteiger partial charge on any atom is 0.129 e. The van der Waals surface area contributed by atoms with E-state index in [9.17, 15) is 0 Å². The summed E-state index contributed by atoms with van der Waals surface area (Å²) in [5.74, 6) is 0.687. The topological polar surface area (TPSA) is 53.1 Å². The Labute approximate surface area is 107 Å². The van der Waals surface area contributed by atoms with Crippen molar-refractivity contribution in [3.8, 4) is 11.1 Å². The average Bonchev–Trinajstić information content (AvgIpc) is 2.70. The second-order valence-corrected chi connectivity index (χ2v) is 4.52. The lowest BCUT2D eigenvalue weighted by Gasteiger charge is -2.10. The molecule has 1 aromatic carbocycles. The summed E-state index contributed by atoms with van der Waals surface area (Å²) in [6.45, 7) is 2.06. The summed E-state index contributed by atoms with van der Waals surface area (Å²) >= 11 is 0. The van der Waals surface area contributed by atoms with Crippen LogP contribution >= 0.6 is 0 Å². The summed E-state index contributed by atoms with van der Waals surface area (Å²) in [5, 5.41) is 4.17. The standard InChI is InChI=1S/C14H19N3O/c1-10(18-3)7-11-5-4-6-12(8-11)13-9-16-17(2)14(13)15/h4-6,8-10H,7,15H2,1-3H3. The van der Waals surface area contributed by atoms with Gasteiger partial charge in [0.2, 0.25) is 0 Å². The fourth-order valence-corrected chi connectivity index (χ4v) is 1.95. The highest BCUT2D eigenvalue weighted by atomic mass is 16.5. The summed E-state index contributed by atoms with van der Waals surface area (Å²) in [4.78, 5) is 0. The molecule has 4 nitrogen and oxygen atoms in total. The van der Waals surface area contributed by atoms with Crippen molar-refractivity contribution in [1.29, 1.82) is 0 Å². The molecule has 96 valence electrons. The zero-order valence-corrected chi connectivity index (χ0v) is 11.1. The number of benzene rings is 1. The van der Waals surface area contributed by atoms with Crippen LogP contribution in [-0.4, -0.2) is 23.0 Å². The van der Waals surface area contributed by atoms with Gasteiger partial charge in [0.15, 0.2) is 0 Å². The Morgan fingerprint density at radius 2 is 2.22 bits per heavy atom. The fourth-order valence-electron chi connectivity index (χ4n) is 1.95. The van der Waals surface area contributed by atoms with Gasteiger partial charge in [0, 0.05) is 19.7 Å². The van der Waals surface area contributed by atoms with Gasteiger partial charge in [-0.3, -0.25) is 4.68 Å². The van der Waals surface area contributed by atoms with E-state index in [4.69, 9.17) is 10.5 Å². The number of nitrogens with zero attached hydrogens (tertiary/aromatic N) is 2. The van der Waals surface area contributed by atoms with Gasteiger partial charge in [0.25, 0.3) is 0 Å². The SMILES string of the molecule is COC(C)Cc1cccc(-c2cnn(C)c2N)c1. The smallest absolute Gasteiger partial charge is 0.129 e. The van der Waals surface area contributed by atoms with E-state index in [1.165, 1.54) is 5.56 Å². The lowest BCUT2D eigenvalue weighted by molar-refractivity contribution is 0.119. The molecule has 1 atom stereocenters. The molecule has 1 heterocycles. The first-order valence-electron chi connectivity index (χ1n) is 6.01. The molecule has 0 aliphatic rings. The van der Waals surface area contributed by atoms with E-state index in [1.807, 2.05) is 19.2 Å². The molecule has 0 radical (unpaired) electrons. The Kier molecular flexibility index (Phi) is 3.67. The lowest BCUT2D eigenvalue weighted by atomic mass is 10.0. The van der Waals surface area contributed by atoms with Crippen LogP contribution in [0.3, 0.4) is 0 Å². The van der Waals surface area contributed by atoms with Crippen LogP contribution in [-0.2, 0) is 18.2 Å². The Balaban J connectivity index is 2.30. The molecule has 2 N–H and O–H groups in total. The van der Waals surface area contributed by atoms with Gasteiger partial charge < -0.3 is 10.5 Å². The summed E-state index contributed by atoms with van der Waals surface area (Å²) in [5.41, 5.74) is 9.30. The number of hydrogen-bond donors (Lipinski definition) is 1. The summed E-state index contributed by atoms with van der Waals surface area (Å²) in [7, 11) is 3.57. The first kappa shape index (κ1) is 12.6. The summed E-state index contributed by atoms with van der Waals surface area (Å²) < 4.78 is 6.97. The Hall–Kier alpha value is -1.81. The lowest BCUT2D eigenvalue weighted by Crippen LogP contribution is -2.08. The highest BCUT2D eigenvalue weighted by Crippen LogP contribution is 2.26. The second kappa shape index (κ2) is 5.23. The molecule has 0 bridgehead atoms. The number of hydrogen-bond acceptors (Lipinski definition) is 3. The molecule has 2 rings (SSSR count). The molecule has 0 aliphatic heterocycles. The van der Waals surface area contributed by atoms with Crippen molar-refractivity contribution in [2.75, 3.05) is 12.8 Å². The molecule has 0 amide bonds. The molecule has 18 heavy (non-hydrogen) atoms. The van der Waals surface area contributed by atoms with Crippen LogP contribution in [0.4, 0.5) is 5.82 Å². The minimum absolute atomic E-state index is 0.214. The first-order valence-corrected chi connectivity index (χ1v) is 6.01. The number of rotatable bonds is 4. The predicted octanol–water partition coefficient (Wildman–Crippen LogP) is 2.25. The highest BCUT2D eigenvalue weighted by Gasteiger charge is 2.08. The van der Waals surface area contributed by atoms with Crippen LogP contribution < -0.4 is 5.73 Å². The Bertz CT molecular complexity index is 534. The molecule has 1 aromatic heterocycles. The van der Waals surface area contributed by atoms with Gasteiger partial charge in [-0.1, -0.05) is 24.3 Å². The zero-order valence-electron chi connectivity index (χ0n) is 11.1. The quantitative estimate of drug-likeness (QED) is 0.898. The maximum atomic E-state index is 5.99. The van der Waals surface area contributed by atoms with Gasteiger partial charge in [-0.25, -0.2) is 0 Å². The number of aromatic nitrogens is 2. The van der Waals surface area contributed by atoms with Gasteiger partial charge in [0.1, 0.15) is 5.82 Å². The minimum Gasteiger partial charge on any atom is -0.383 e. The van der Waals surface area contributed by atoms with Crippen molar-refractivity contribution in [2.45, 2.75) is 19.4 Å². The van der Waals surface area contributed by atoms with E-state index in [0.29, 0.717) is 5.82 Å². The molecular formula is C14H19N3O. The van der Waals surface area contributed by atoms with Crippen LogP contribution in [0.25, 0.3) is 11.1 Å². The van der Waals surface area contributed by atoms with Crippen LogP contribution in [0.15, 0.2) is 30.5 Å². The molecular weight excluding hydrogens is 226 g/mol. The molecule has 0 saturated carbocycles. The molecule has 0 fully saturated rings. The first-order chi connectivity index (χ1) is 8.61. The van der Waals surface area contributed by atoms with E-state index in [0.717, 1.165) is 17.5 Å². The van der Waals surface area contributed by atoms with Crippen molar-refractivity contribution in [3.05, 3.63) is 36.0 Å². The van der Waals surface area contributed by atoms with Crippen LogP contribution in [0.5, 0.6) is 0 Å². The van der Waals surface area contributed by atoms with E-state index in [1.54, 1.807) is 18.0 Å². The summed E-state index contributed by atoms with van der Waals surface area (Å²) in [6, 6.07) is 8.34. The third-order valence-corrected chi connectivity index (χ3v) is 3.15. The molecule has 2 aromatic rings. The normalized spacial score (nSPS) is 12.6. The zero-order chi connectivity index (χ0) is 13.1. The number of aryl methyl sites for hydroxylation is 1. The maximum absolute atomic E-state index is 5.99. The molecule has 1 unspecified atom stereocenters. The fraction of sp³-hybridized carbons (Fsp3) is 0.357. The highest BCUT2D eigenvalue weighted by molar-refractivity contribution is 5.73. The monoisotopic (exact) mass is 245 g/mol. The van der Waals surface area contributed by atoms with Gasteiger partial charge in [-0.2, -0.15) is 5.10 Å². The van der Waals surface area contributed by atoms with Crippen LogP contribution in [0.2, 0.25) is 0 Å². The van der Waals surface area contributed by atoms with E-state index >= 15 is 0 Å². The second-order valence-electron chi connectivity index (χ2n) is 4.52. The van der Waals surface area contributed by atoms with Crippen molar-refractivity contribution >= 4 is 5.82 Å². The predicted molar refractivity (Wildman–Crippen MR) is 73.2 cm³/mol. The number of nitrogen functional groups attached to an aromatic ring is 1. The molecule has 4 heteroatoms.